The smallest absolute Gasteiger partial charge is 0.274 e. The first-order valence-corrected chi connectivity index (χ1v) is 8.77. The molecule has 1 fully saturated rings. The third-order valence-electron chi connectivity index (χ3n) is 4.32. The zero-order valence-electron chi connectivity index (χ0n) is 13.8. The quantitative estimate of drug-likeness (QED) is 0.632. The van der Waals surface area contributed by atoms with Crippen LogP contribution in [0.5, 0.6) is 0 Å². The van der Waals surface area contributed by atoms with Gasteiger partial charge in [0.1, 0.15) is 4.45 Å². The molecule has 1 amide bonds. The molecule has 124 valence electrons. The van der Waals surface area contributed by atoms with Gasteiger partial charge in [-0.25, -0.2) is 0 Å². The second kappa shape index (κ2) is 6.15. The SMILES string of the molecule is CN(C)C(=O)c1nn(CC2CC2)cc1CC1=CC=CNC1(C)Br. The average molecular weight is 379 g/mol. The van der Waals surface area contributed by atoms with Crippen LogP contribution < -0.4 is 5.32 Å². The Bertz CT molecular complexity index is 668. The molecule has 1 aliphatic heterocycles. The molecule has 0 aromatic carbocycles. The predicted molar refractivity (Wildman–Crippen MR) is 94.4 cm³/mol. The summed E-state index contributed by atoms with van der Waals surface area (Å²) >= 11 is 3.71. The van der Waals surface area contributed by atoms with Crippen molar-refractivity contribution in [1.29, 1.82) is 0 Å². The van der Waals surface area contributed by atoms with E-state index in [0.29, 0.717) is 12.1 Å². The largest absolute Gasteiger partial charge is 0.373 e. The van der Waals surface area contributed by atoms with Crippen molar-refractivity contribution in [3.05, 3.63) is 41.4 Å². The van der Waals surface area contributed by atoms with Gasteiger partial charge in [-0.1, -0.05) is 22.0 Å². The molecular formula is C17H23BrN4O. The molecule has 2 aliphatic rings. The van der Waals surface area contributed by atoms with Crippen LogP contribution in [0.15, 0.2) is 30.1 Å². The summed E-state index contributed by atoms with van der Waals surface area (Å²) < 4.78 is 1.65. The van der Waals surface area contributed by atoms with E-state index in [-0.39, 0.29) is 10.4 Å². The van der Waals surface area contributed by atoms with E-state index in [0.717, 1.165) is 18.0 Å². The maximum atomic E-state index is 12.5. The Morgan fingerprint density at radius 3 is 2.87 bits per heavy atom. The predicted octanol–water partition coefficient (Wildman–Crippen LogP) is 2.69. The highest BCUT2D eigenvalue weighted by atomic mass is 79.9. The fourth-order valence-electron chi connectivity index (χ4n) is 2.69. The van der Waals surface area contributed by atoms with Crippen LogP contribution in [-0.4, -0.2) is 39.1 Å². The van der Waals surface area contributed by atoms with Gasteiger partial charge in [-0.2, -0.15) is 5.10 Å². The van der Waals surface area contributed by atoms with Crippen molar-refractivity contribution >= 4 is 21.8 Å². The summed E-state index contributed by atoms with van der Waals surface area (Å²) in [5, 5.41) is 7.86. The summed E-state index contributed by atoms with van der Waals surface area (Å²) in [5.41, 5.74) is 2.73. The van der Waals surface area contributed by atoms with E-state index in [9.17, 15) is 4.79 Å². The fourth-order valence-corrected chi connectivity index (χ4v) is 3.10. The van der Waals surface area contributed by atoms with Crippen LogP contribution in [0.2, 0.25) is 0 Å². The Kier molecular flexibility index (Phi) is 4.36. The zero-order chi connectivity index (χ0) is 16.6. The number of allylic oxidation sites excluding steroid dienone is 2. The van der Waals surface area contributed by atoms with Crippen LogP contribution in [-0.2, 0) is 13.0 Å². The number of rotatable bonds is 5. The van der Waals surface area contributed by atoms with Gasteiger partial charge in [0.15, 0.2) is 5.69 Å². The molecule has 0 spiro atoms. The van der Waals surface area contributed by atoms with Gasteiger partial charge in [0.25, 0.3) is 5.91 Å². The lowest BCUT2D eigenvalue weighted by Crippen LogP contribution is -2.36. The third-order valence-corrected chi connectivity index (χ3v) is 5.06. The maximum Gasteiger partial charge on any atom is 0.274 e. The molecule has 6 heteroatoms. The molecular weight excluding hydrogens is 356 g/mol. The fraction of sp³-hybridized carbons (Fsp3) is 0.529. The van der Waals surface area contributed by atoms with Crippen LogP contribution in [0.25, 0.3) is 0 Å². The molecule has 23 heavy (non-hydrogen) atoms. The summed E-state index contributed by atoms with van der Waals surface area (Å²) in [7, 11) is 3.54. The molecule has 3 rings (SSSR count). The summed E-state index contributed by atoms with van der Waals surface area (Å²) in [6, 6.07) is 0. The molecule has 1 aliphatic carbocycles. The second-order valence-electron chi connectivity index (χ2n) is 6.74. The Hall–Kier alpha value is -1.56. The number of amides is 1. The van der Waals surface area contributed by atoms with E-state index in [1.807, 2.05) is 23.2 Å². The molecule has 5 nitrogen and oxygen atoms in total. The highest BCUT2D eigenvalue weighted by Crippen LogP contribution is 2.32. The van der Waals surface area contributed by atoms with E-state index in [1.54, 1.807) is 19.0 Å². The first-order valence-electron chi connectivity index (χ1n) is 7.97. The number of carbonyl (C=O) groups excluding carboxylic acids is 1. The maximum absolute atomic E-state index is 12.5. The highest BCUT2D eigenvalue weighted by Gasteiger charge is 2.29. The molecule has 0 radical (unpaired) electrons. The molecule has 1 aromatic rings. The van der Waals surface area contributed by atoms with Gasteiger partial charge in [0, 0.05) is 38.8 Å². The van der Waals surface area contributed by atoms with Crippen molar-refractivity contribution in [3.63, 3.8) is 0 Å². The minimum atomic E-state index is -0.293. The lowest BCUT2D eigenvalue weighted by atomic mass is 9.97. The van der Waals surface area contributed by atoms with Crippen LogP contribution in [0.3, 0.4) is 0 Å². The lowest BCUT2D eigenvalue weighted by molar-refractivity contribution is 0.0820. The van der Waals surface area contributed by atoms with Gasteiger partial charge in [-0.3, -0.25) is 9.48 Å². The molecule has 1 aromatic heterocycles. The second-order valence-corrected chi connectivity index (χ2v) is 8.33. The normalized spacial score (nSPS) is 23.4. The van der Waals surface area contributed by atoms with Crippen molar-refractivity contribution in [1.82, 2.24) is 20.0 Å². The molecule has 1 N–H and O–H groups in total. The van der Waals surface area contributed by atoms with E-state index in [4.69, 9.17) is 0 Å². The molecule has 1 unspecified atom stereocenters. The summed E-state index contributed by atoms with van der Waals surface area (Å²) in [4.78, 5) is 14.1. The standard InChI is InChI=1S/C17H23BrN4O/c1-17(18)14(5-4-8-19-17)9-13-11-22(10-12-6-7-12)20-15(13)16(23)21(2)3/h4-5,8,11-12,19H,6-7,9-10H2,1-3H3. The number of nitrogens with zero attached hydrogens (tertiary/aromatic N) is 3. The molecule has 2 heterocycles. The first kappa shape index (κ1) is 16.3. The van der Waals surface area contributed by atoms with Crippen molar-refractivity contribution in [2.24, 2.45) is 5.92 Å². The number of dihydropyridines is 1. The zero-order valence-corrected chi connectivity index (χ0v) is 15.4. The van der Waals surface area contributed by atoms with Crippen LogP contribution in [0, 0.1) is 5.92 Å². The van der Waals surface area contributed by atoms with Crippen LogP contribution in [0.1, 0.15) is 35.8 Å². The van der Waals surface area contributed by atoms with Gasteiger partial charge in [-0.05, 0) is 43.5 Å². The number of nitrogens with one attached hydrogen (secondary N) is 1. The van der Waals surface area contributed by atoms with Gasteiger partial charge >= 0.3 is 0 Å². The molecule has 1 atom stereocenters. The van der Waals surface area contributed by atoms with E-state index in [1.165, 1.54) is 18.4 Å². The molecule has 0 saturated heterocycles. The topological polar surface area (TPSA) is 50.2 Å². The van der Waals surface area contributed by atoms with Crippen molar-refractivity contribution in [3.8, 4) is 0 Å². The summed E-state index contributed by atoms with van der Waals surface area (Å²) in [5.74, 6) is 0.690. The number of carbonyl (C=O) groups is 1. The minimum absolute atomic E-state index is 0.0364. The number of hydrogen-bond acceptors (Lipinski definition) is 3. The van der Waals surface area contributed by atoms with E-state index >= 15 is 0 Å². The summed E-state index contributed by atoms with van der Waals surface area (Å²) in [6.07, 6.45) is 11.3. The third kappa shape index (κ3) is 3.68. The monoisotopic (exact) mass is 378 g/mol. The van der Waals surface area contributed by atoms with Gasteiger partial charge in [-0.15, -0.1) is 0 Å². The molecule has 1 saturated carbocycles. The number of alkyl halides is 1. The highest BCUT2D eigenvalue weighted by molar-refractivity contribution is 9.10. The lowest BCUT2D eigenvalue weighted by Gasteiger charge is -2.29. The number of hydrogen-bond donors (Lipinski definition) is 1. The van der Waals surface area contributed by atoms with Crippen molar-refractivity contribution < 1.29 is 4.79 Å². The van der Waals surface area contributed by atoms with Gasteiger partial charge in [0.2, 0.25) is 0 Å². The minimum Gasteiger partial charge on any atom is -0.373 e. The van der Waals surface area contributed by atoms with E-state index < -0.39 is 0 Å². The number of aromatic nitrogens is 2. The first-order chi connectivity index (χ1) is 10.9. The van der Waals surface area contributed by atoms with Crippen LogP contribution >= 0.6 is 15.9 Å². The van der Waals surface area contributed by atoms with E-state index in [2.05, 4.69) is 39.3 Å². The average Bonchev–Trinajstić information content (AvgIpc) is 3.20. The van der Waals surface area contributed by atoms with Crippen LogP contribution in [0.4, 0.5) is 0 Å². The Labute approximate surface area is 145 Å². The molecule has 0 bridgehead atoms. The van der Waals surface area contributed by atoms with Crippen molar-refractivity contribution in [2.45, 2.75) is 37.2 Å². The Morgan fingerprint density at radius 1 is 1.52 bits per heavy atom. The Balaban J connectivity index is 1.89. The van der Waals surface area contributed by atoms with Gasteiger partial charge < -0.3 is 10.2 Å². The van der Waals surface area contributed by atoms with Gasteiger partial charge in [0.05, 0.1) is 0 Å². The number of halogens is 1. The Morgan fingerprint density at radius 2 is 2.26 bits per heavy atom. The summed E-state index contributed by atoms with van der Waals surface area (Å²) in [6.45, 7) is 2.99. The van der Waals surface area contributed by atoms with Crippen molar-refractivity contribution in [2.75, 3.05) is 14.1 Å².